The van der Waals surface area contributed by atoms with Gasteiger partial charge in [0.05, 0.1) is 30.4 Å². The number of thiazole rings is 1. The molecule has 3 aromatic rings. The van der Waals surface area contributed by atoms with Crippen LogP contribution in [0.15, 0.2) is 30.6 Å². The number of carboxylic acids is 1. The molecule has 2 saturated heterocycles. The summed E-state index contributed by atoms with van der Waals surface area (Å²) in [5, 5.41) is 9.77. The van der Waals surface area contributed by atoms with Gasteiger partial charge in [0.25, 0.3) is 0 Å². The van der Waals surface area contributed by atoms with Crippen molar-refractivity contribution in [3.63, 3.8) is 0 Å². The van der Waals surface area contributed by atoms with Gasteiger partial charge in [-0.1, -0.05) is 21.3 Å². The summed E-state index contributed by atoms with van der Waals surface area (Å²) in [4.78, 5) is 43.2. The molecule has 0 saturated carbocycles. The average Bonchev–Trinajstić information content (AvgIpc) is 3.33. The van der Waals surface area contributed by atoms with Gasteiger partial charge in [0.2, 0.25) is 0 Å². The molecule has 0 radical (unpaired) electrons. The molecule has 0 atom stereocenters. The summed E-state index contributed by atoms with van der Waals surface area (Å²) in [6.45, 7) is 9.60. The fourth-order valence-electron chi connectivity index (χ4n) is 5.98. The van der Waals surface area contributed by atoms with E-state index in [1.54, 1.807) is 13.0 Å². The number of rotatable bonds is 9. The molecule has 0 unspecified atom stereocenters. The number of likely N-dealkylation sites (tertiary alicyclic amines) is 1. The number of alkyl halides is 3. The van der Waals surface area contributed by atoms with Gasteiger partial charge >= 0.3 is 12.3 Å². The fraction of sp³-hybridized carbons (Fsp3) is 0.531. The first-order valence-corrected chi connectivity index (χ1v) is 15.5. The van der Waals surface area contributed by atoms with Crippen LogP contribution in [0.25, 0.3) is 11.3 Å². The molecule has 4 heterocycles. The van der Waals surface area contributed by atoms with Crippen LogP contribution >= 0.6 is 11.3 Å². The smallest absolute Gasteiger partial charge is 0.481 e. The maximum absolute atomic E-state index is 13.2. The zero-order chi connectivity index (χ0) is 31.6. The number of anilines is 1. The molecule has 1 aromatic carbocycles. The molecule has 5 rings (SSSR count). The number of aryl methyl sites for hydroxylation is 1. The number of carbonyl (C=O) groups is 2. The molecule has 0 bridgehead atoms. The first kappa shape index (κ1) is 34.3. The molecule has 0 amide bonds. The van der Waals surface area contributed by atoms with Crippen molar-refractivity contribution in [3.8, 4) is 17.0 Å². The molecule has 9 nitrogen and oxygen atoms in total. The lowest BCUT2D eigenvalue weighted by Gasteiger charge is -2.37. The summed E-state index contributed by atoms with van der Waals surface area (Å²) in [5.41, 5.74) is 1.97. The summed E-state index contributed by atoms with van der Waals surface area (Å²) in [6.07, 6.45) is 1.31. The lowest BCUT2D eigenvalue weighted by molar-refractivity contribution is -0.274. The van der Waals surface area contributed by atoms with Crippen LogP contribution in [0.3, 0.4) is 0 Å². The standard InChI is InChI=1S/C31H36F3N5O4S.CH4/c1-19-11-21(13-22(12-19)43-31(32,33)34)28-25(17-38-8-4-7-30(2,3)18-38)44-27(37-28)14-24(40)23-15-36-26(16-35-23)39-9-5-20(6-10-39)29(41)42;/h11-13,15-16,20H,4-10,14,17-18H2,1-3H3,(H,41,42);1H4. The van der Waals surface area contributed by atoms with Gasteiger partial charge < -0.3 is 14.7 Å². The van der Waals surface area contributed by atoms with Crippen LogP contribution < -0.4 is 9.64 Å². The van der Waals surface area contributed by atoms with Crippen LogP contribution in [0.2, 0.25) is 0 Å². The van der Waals surface area contributed by atoms with E-state index in [0.717, 1.165) is 30.8 Å². The molecule has 244 valence electrons. The first-order chi connectivity index (χ1) is 20.7. The Balaban J connectivity index is 0.00000461. The van der Waals surface area contributed by atoms with Crippen molar-refractivity contribution < 1.29 is 32.6 Å². The number of hydrogen-bond donors (Lipinski definition) is 1. The van der Waals surface area contributed by atoms with Crippen molar-refractivity contribution in [1.29, 1.82) is 0 Å². The monoisotopic (exact) mass is 647 g/mol. The highest BCUT2D eigenvalue weighted by Crippen LogP contribution is 2.36. The summed E-state index contributed by atoms with van der Waals surface area (Å²) in [6, 6.07) is 4.45. The van der Waals surface area contributed by atoms with Gasteiger partial charge in [-0.05, 0) is 68.3 Å². The van der Waals surface area contributed by atoms with E-state index in [1.807, 2.05) is 4.90 Å². The number of nitrogens with zero attached hydrogens (tertiary/aromatic N) is 5. The van der Waals surface area contributed by atoms with E-state index in [2.05, 4.69) is 33.5 Å². The van der Waals surface area contributed by atoms with Crippen molar-refractivity contribution in [3.05, 3.63) is 51.7 Å². The number of benzene rings is 1. The minimum atomic E-state index is -4.82. The number of piperidine rings is 2. The second-order valence-electron chi connectivity index (χ2n) is 12.4. The molecular formula is C32H40F3N5O4S. The number of halogens is 3. The third kappa shape index (κ3) is 9.00. The molecule has 2 aliphatic heterocycles. The van der Waals surface area contributed by atoms with E-state index in [1.165, 1.54) is 35.9 Å². The molecule has 2 fully saturated rings. The average molecular weight is 648 g/mol. The lowest BCUT2D eigenvalue weighted by Crippen LogP contribution is -2.39. The van der Waals surface area contributed by atoms with E-state index in [9.17, 15) is 27.9 Å². The Labute approximate surface area is 265 Å². The van der Waals surface area contributed by atoms with Crippen molar-refractivity contribution in [2.45, 2.75) is 73.2 Å². The number of carbonyl (C=O) groups excluding carboxylic acids is 1. The molecule has 1 N–H and O–H groups in total. The van der Waals surface area contributed by atoms with E-state index in [-0.39, 0.29) is 42.4 Å². The van der Waals surface area contributed by atoms with E-state index in [0.29, 0.717) is 60.1 Å². The molecule has 0 aliphatic carbocycles. The van der Waals surface area contributed by atoms with Crippen LogP contribution in [0.4, 0.5) is 19.0 Å². The van der Waals surface area contributed by atoms with Crippen molar-refractivity contribution in [1.82, 2.24) is 19.9 Å². The molecular weight excluding hydrogens is 607 g/mol. The lowest BCUT2D eigenvalue weighted by atomic mass is 9.84. The molecule has 2 aromatic heterocycles. The van der Waals surface area contributed by atoms with Gasteiger partial charge in [-0.25, -0.2) is 15.0 Å². The Kier molecular flexibility index (Phi) is 10.5. The van der Waals surface area contributed by atoms with Crippen LogP contribution in [0.5, 0.6) is 5.75 Å². The Morgan fingerprint density at radius 3 is 2.47 bits per heavy atom. The van der Waals surface area contributed by atoms with Gasteiger partial charge in [0.1, 0.15) is 22.3 Å². The molecule has 2 aliphatic rings. The van der Waals surface area contributed by atoms with Crippen LogP contribution in [0.1, 0.15) is 72.9 Å². The maximum atomic E-state index is 13.2. The number of ketones is 1. The van der Waals surface area contributed by atoms with Gasteiger partial charge in [0, 0.05) is 36.6 Å². The largest absolute Gasteiger partial charge is 0.573 e. The fourth-order valence-corrected chi connectivity index (χ4v) is 7.11. The number of aromatic nitrogens is 3. The zero-order valence-electron chi connectivity index (χ0n) is 25.0. The zero-order valence-corrected chi connectivity index (χ0v) is 25.8. The summed E-state index contributed by atoms with van der Waals surface area (Å²) < 4.78 is 43.3. The predicted octanol–water partition coefficient (Wildman–Crippen LogP) is 6.79. The van der Waals surface area contributed by atoms with Gasteiger partial charge in [-0.15, -0.1) is 24.5 Å². The van der Waals surface area contributed by atoms with Crippen molar-refractivity contribution in [2.75, 3.05) is 31.1 Å². The highest BCUT2D eigenvalue weighted by Gasteiger charge is 2.32. The van der Waals surface area contributed by atoms with E-state index in [4.69, 9.17) is 4.98 Å². The molecule has 0 spiro atoms. The Bertz CT molecular complexity index is 1500. The Hall–Kier alpha value is -3.58. The number of aliphatic carboxylic acids is 1. The molecule has 45 heavy (non-hydrogen) atoms. The van der Waals surface area contributed by atoms with Crippen LogP contribution in [-0.2, 0) is 17.8 Å². The summed E-state index contributed by atoms with van der Waals surface area (Å²) in [7, 11) is 0. The van der Waals surface area contributed by atoms with Gasteiger partial charge in [-0.2, -0.15) is 0 Å². The van der Waals surface area contributed by atoms with Crippen molar-refractivity contribution >= 4 is 28.9 Å². The van der Waals surface area contributed by atoms with E-state index >= 15 is 0 Å². The van der Waals surface area contributed by atoms with Gasteiger partial charge in [-0.3, -0.25) is 14.5 Å². The van der Waals surface area contributed by atoms with Crippen LogP contribution in [0, 0.1) is 18.3 Å². The second kappa shape index (κ2) is 13.8. The minimum Gasteiger partial charge on any atom is -0.481 e. The quantitative estimate of drug-likeness (QED) is 0.251. The number of hydrogen-bond acceptors (Lipinski definition) is 9. The van der Waals surface area contributed by atoms with Crippen molar-refractivity contribution in [2.24, 2.45) is 11.3 Å². The Morgan fingerprint density at radius 1 is 1.11 bits per heavy atom. The maximum Gasteiger partial charge on any atom is 0.573 e. The predicted molar refractivity (Wildman–Crippen MR) is 167 cm³/mol. The molecule has 13 heteroatoms. The third-order valence-corrected chi connectivity index (χ3v) is 9.09. The first-order valence-electron chi connectivity index (χ1n) is 14.7. The van der Waals surface area contributed by atoms with Crippen LogP contribution in [-0.4, -0.2) is 69.3 Å². The second-order valence-corrected chi connectivity index (χ2v) is 13.6. The topological polar surface area (TPSA) is 109 Å². The number of carboxylic acid groups (broad SMARTS) is 1. The third-order valence-electron chi connectivity index (χ3n) is 8.05. The number of Topliss-reactive ketones (excluding diaryl/α,β-unsaturated/α-hetero) is 1. The minimum absolute atomic E-state index is 0. The SMILES string of the molecule is C.Cc1cc(OC(F)(F)F)cc(-c2nc(CC(=O)c3cnc(N4CCC(C(=O)O)CC4)cn3)sc2CN2CCCC(C)(C)C2)c1. The number of ether oxygens (including phenoxy) is 1. The Morgan fingerprint density at radius 2 is 1.84 bits per heavy atom. The highest BCUT2D eigenvalue weighted by molar-refractivity contribution is 7.12. The van der Waals surface area contributed by atoms with Gasteiger partial charge in [0.15, 0.2) is 5.78 Å². The summed E-state index contributed by atoms with van der Waals surface area (Å²) >= 11 is 1.38. The normalized spacial score (nSPS) is 17.5. The summed E-state index contributed by atoms with van der Waals surface area (Å²) in [5.74, 6) is -1.15. The van der Waals surface area contributed by atoms with E-state index < -0.39 is 12.3 Å². The highest BCUT2D eigenvalue weighted by atomic mass is 32.1.